The van der Waals surface area contributed by atoms with Gasteiger partial charge in [-0.05, 0) is 32.4 Å². The number of hydrogen-bond acceptors (Lipinski definition) is 4. The Hall–Kier alpha value is -1.88. The highest BCUT2D eigenvalue weighted by molar-refractivity contribution is 7.14. The molecule has 1 aromatic carbocycles. The van der Waals surface area contributed by atoms with Crippen LogP contribution in [-0.4, -0.2) is 24.0 Å². The second kappa shape index (κ2) is 9.42. The number of amides is 1. The molecule has 0 saturated carbocycles. The van der Waals surface area contributed by atoms with Crippen LogP contribution in [0.25, 0.3) is 11.3 Å². The molecule has 1 N–H and O–H groups in total. The molecule has 0 saturated heterocycles. The Morgan fingerprint density at radius 3 is 2.46 bits per heavy atom. The molecule has 130 valence electrons. The maximum absolute atomic E-state index is 11.9. The normalized spacial score (nSPS) is 10.6. The quantitative estimate of drug-likeness (QED) is 0.637. The van der Waals surface area contributed by atoms with E-state index in [9.17, 15) is 4.79 Å². The third-order valence-electron chi connectivity index (χ3n) is 4.00. The maximum Gasteiger partial charge on any atom is 0.224 e. The zero-order valence-electron chi connectivity index (χ0n) is 14.8. The average molecular weight is 346 g/mol. The summed E-state index contributed by atoms with van der Waals surface area (Å²) in [6, 6.07) is 7.93. The Kier molecular flexibility index (Phi) is 7.25. The number of thiazole rings is 1. The highest BCUT2D eigenvalue weighted by Gasteiger charge is 2.09. The van der Waals surface area contributed by atoms with Crippen molar-refractivity contribution >= 4 is 28.1 Å². The van der Waals surface area contributed by atoms with Gasteiger partial charge >= 0.3 is 0 Å². The summed E-state index contributed by atoms with van der Waals surface area (Å²) in [5.41, 5.74) is 2.91. The zero-order chi connectivity index (χ0) is 17.4. The van der Waals surface area contributed by atoms with E-state index in [1.807, 2.05) is 24.3 Å². The van der Waals surface area contributed by atoms with E-state index < -0.39 is 0 Å². The molecule has 2 rings (SSSR count). The number of aromatic nitrogens is 1. The first-order chi connectivity index (χ1) is 11.7. The van der Waals surface area contributed by atoms with Crippen molar-refractivity contribution in [3.63, 3.8) is 0 Å². The number of nitrogens with zero attached hydrogens (tertiary/aromatic N) is 2. The monoisotopic (exact) mass is 345 g/mol. The molecule has 0 radical (unpaired) electrons. The van der Waals surface area contributed by atoms with Crippen molar-refractivity contribution in [3.05, 3.63) is 29.6 Å². The molecule has 0 atom stereocenters. The zero-order valence-corrected chi connectivity index (χ0v) is 15.7. The lowest BCUT2D eigenvalue weighted by Gasteiger charge is -2.16. The Labute approximate surface area is 148 Å². The summed E-state index contributed by atoms with van der Waals surface area (Å²) in [4.78, 5) is 18.8. The molecule has 5 heteroatoms. The van der Waals surface area contributed by atoms with Gasteiger partial charge in [-0.15, -0.1) is 11.3 Å². The van der Waals surface area contributed by atoms with E-state index in [1.165, 1.54) is 0 Å². The topological polar surface area (TPSA) is 45.2 Å². The number of benzene rings is 1. The number of carbonyl (C=O) groups is 1. The molecular formula is C19H27N3OS. The highest BCUT2D eigenvalue weighted by Crippen LogP contribution is 2.28. The molecule has 24 heavy (non-hydrogen) atoms. The van der Waals surface area contributed by atoms with Crippen molar-refractivity contribution in [3.8, 4) is 11.3 Å². The van der Waals surface area contributed by atoms with E-state index in [2.05, 4.69) is 36.4 Å². The van der Waals surface area contributed by atoms with E-state index in [-0.39, 0.29) is 5.91 Å². The molecule has 0 spiro atoms. The van der Waals surface area contributed by atoms with Gasteiger partial charge in [0.1, 0.15) is 0 Å². The molecular weight excluding hydrogens is 318 g/mol. The minimum atomic E-state index is 0.0914. The number of anilines is 2. The predicted octanol–water partition coefficient (Wildman–Crippen LogP) is 5.18. The van der Waals surface area contributed by atoms with Crippen LogP contribution in [0.3, 0.4) is 0 Å². The summed E-state index contributed by atoms with van der Waals surface area (Å²) < 4.78 is 0. The third kappa shape index (κ3) is 5.06. The van der Waals surface area contributed by atoms with E-state index in [1.54, 1.807) is 11.3 Å². The Balaban J connectivity index is 1.98. The van der Waals surface area contributed by atoms with Crippen LogP contribution < -0.4 is 10.2 Å². The molecule has 0 aliphatic carbocycles. The third-order valence-corrected chi connectivity index (χ3v) is 4.90. The van der Waals surface area contributed by atoms with Crippen LogP contribution in [0.1, 0.15) is 46.5 Å². The van der Waals surface area contributed by atoms with E-state index in [0.29, 0.717) is 6.42 Å². The van der Waals surface area contributed by atoms with Gasteiger partial charge in [-0.2, -0.15) is 0 Å². The number of rotatable bonds is 9. The average Bonchev–Trinajstić information content (AvgIpc) is 3.07. The lowest BCUT2D eigenvalue weighted by atomic mass is 10.1. The first kappa shape index (κ1) is 18.5. The maximum atomic E-state index is 11.9. The van der Waals surface area contributed by atoms with Gasteiger partial charge in [0.15, 0.2) is 5.13 Å². The number of nitrogens with one attached hydrogen (secondary N) is 1. The molecule has 0 unspecified atom stereocenters. The van der Waals surface area contributed by atoms with Crippen LogP contribution in [0.15, 0.2) is 29.6 Å². The van der Waals surface area contributed by atoms with Crippen LogP contribution in [0, 0.1) is 0 Å². The lowest BCUT2D eigenvalue weighted by Crippen LogP contribution is -2.21. The van der Waals surface area contributed by atoms with Crippen LogP contribution in [0.4, 0.5) is 10.8 Å². The van der Waals surface area contributed by atoms with Crippen molar-refractivity contribution in [2.45, 2.75) is 46.5 Å². The van der Waals surface area contributed by atoms with E-state index >= 15 is 0 Å². The fourth-order valence-electron chi connectivity index (χ4n) is 2.52. The van der Waals surface area contributed by atoms with Crippen LogP contribution in [0.5, 0.6) is 0 Å². The standard InChI is InChI=1S/C19H27N3OS/c1-4-7-8-9-18(23)20-16-12-10-15(11-13-16)17-14-24-19(21-17)22(5-2)6-3/h10-14H,4-9H2,1-3H3,(H,20,23). The molecule has 1 aromatic heterocycles. The second-order valence-electron chi connectivity index (χ2n) is 5.77. The molecule has 0 aliphatic heterocycles. The molecule has 0 bridgehead atoms. The van der Waals surface area contributed by atoms with Crippen molar-refractivity contribution in [1.82, 2.24) is 4.98 Å². The number of hydrogen-bond donors (Lipinski definition) is 1. The molecule has 1 heterocycles. The van der Waals surface area contributed by atoms with Crippen molar-refractivity contribution in [2.75, 3.05) is 23.3 Å². The first-order valence-corrected chi connectivity index (χ1v) is 9.66. The van der Waals surface area contributed by atoms with Crippen LogP contribution in [0.2, 0.25) is 0 Å². The lowest BCUT2D eigenvalue weighted by molar-refractivity contribution is -0.116. The summed E-state index contributed by atoms with van der Waals surface area (Å²) in [6.45, 7) is 8.35. The van der Waals surface area contributed by atoms with Gasteiger partial charge in [0.25, 0.3) is 0 Å². The minimum Gasteiger partial charge on any atom is -0.349 e. The SMILES string of the molecule is CCCCCC(=O)Nc1ccc(-c2csc(N(CC)CC)n2)cc1. The number of unbranched alkanes of at least 4 members (excludes halogenated alkanes) is 2. The molecule has 0 fully saturated rings. The minimum absolute atomic E-state index is 0.0914. The summed E-state index contributed by atoms with van der Waals surface area (Å²) >= 11 is 1.67. The van der Waals surface area contributed by atoms with E-state index in [4.69, 9.17) is 4.98 Å². The van der Waals surface area contributed by atoms with Gasteiger partial charge < -0.3 is 10.2 Å². The summed E-state index contributed by atoms with van der Waals surface area (Å²) in [5.74, 6) is 0.0914. The van der Waals surface area contributed by atoms with Crippen molar-refractivity contribution in [1.29, 1.82) is 0 Å². The van der Waals surface area contributed by atoms with E-state index in [0.717, 1.165) is 54.4 Å². The molecule has 4 nitrogen and oxygen atoms in total. The van der Waals surface area contributed by atoms with Gasteiger partial charge in [-0.1, -0.05) is 31.9 Å². The number of carbonyl (C=O) groups excluding carboxylic acids is 1. The fourth-order valence-corrected chi connectivity index (χ4v) is 3.48. The molecule has 0 aliphatic rings. The van der Waals surface area contributed by atoms with Gasteiger partial charge in [-0.3, -0.25) is 4.79 Å². The molecule has 2 aromatic rings. The van der Waals surface area contributed by atoms with Gasteiger partial charge in [0.2, 0.25) is 5.91 Å². The highest BCUT2D eigenvalue weighted by atomic mass is 32.1. The Morgan fingerprint density at radius 2 is 1.83 bits per heavy atom. The van der Waals surface area contributed by atoms with Crippen LogP contribution >= 0.6 is 11.3 Å². The van der Waals surface area contributed by atoms with Crippen LogP contribution in [-0.2, 0) is 4.79 Å². The van der Waals surface area contributed by atoms with Crippen molar-refractivity contribution < 1.29 is 4.79 Å². The Bertz CT molecular complexity index is 632. The summed E-state index contributed by atoms with van der Waals surface area (Å²) in [6.07, 6.45) is 3.78. The predicted molar refractivity (Wildman–Crippen MR) is 104 cm³/mol. The second-order valence-corrected chi connectivity index (χ2v) is 6.61. The Morgan fingerprint density at radius 1 is 1.12 bits per heavy atom. The van der Waals surface area contributed by atoms with Gasteiger partial charge in [0.05, 0.1) is 5.69 Å². The summed E-state index contributed by atoms with van der Waals surface area (Å²) in [7, 11) is 0. The largest absolute Gasteiger partial charge is 0.349 e. The first-order valence-electron chi connectivity index (χ1n) is 8.78. The smallest absolute Gasteiger partial charge is 0.224 e. The summed E-state index contributed by atoms with van der Waals surface area (Å²) in [5, 5.41) is 6.10. The molecule has 1 amide bonds. The van der Waals surface area contributed by atoms with Crippen molar-refractivity contribution in [2.24, 2.45) is 0 Å². The van der Waals surface area contributed by atoms with Gasteiger partial charge in [-0.25, -0.2) is 4.98 Å². The van der Waals surface area contributed by atoms with Gasteiger partial charge in [0, 0.05) is 36.1 Å². The fraction of sp³-hybridized carbons (Fsp3) is 0.474.